The maximum absolute atomic E-state index is 12.7. The standard InChI is InChI=1S/C23H20N6O3S/c1-32-18-13-11-17(12-14-18)29-23(26-27-28-29)33-15-21(30)25-20-10-6-5-9-19(20)22(31)24-16-7-3-2-4-8-16/h2-14H,15H2,1H3,(H,24,31)(H,25,30). The summed E-state index contributed by atoms with van der Waals surface area (Å²) in [5.74, 6) is 0.179. The second kappa shape index (κ2) is 10.4. The lowest BCUT2D eigenvalue weighted by Gasteiger charge is -2.11. The minimum Gasteiger partial charge on any atom is -0.497 e. The van der Waals surface area contributed by atoms with Gasteiger partial charge in [0.2, 0.25) is 11.1 Å². The van der Waals surface area contributed by atoms with Crippen LogP contribution in [0.1, 0.15) is 10.4 Å². The number of benzene rings is 3. The van der Waals surface area contributed by atoms with E-state index in [2.05, 4.69) is 26.2 Å². The molecule has 9 nitrogen and oxygen atoms in total. The first-order valence-electron chi connectivity index (χ1n) is 9.95. The maximum Gasteiger partial charge on any atom is 0.257 e. The molecule has 0 radical (unpaired) electrons. The van der Waals surface area contributed by atoms with E-state index in [0.29, 0.717) is 22.1 Å². The van der Waals surface area contributed by atoms with Crippen molar-refractivity contribution >= 4 is 35.0 Å². The van der Waals surface area contributed by atoms with E-state index in [9.17, 15) is 9.59 Å². The first kappa shape index (κ1) is 22.0. The number of aromatic nitrogens is 4. The molecule has 0 aliphatic heterocycles. The van der Waals surface area contributed by atoms with E-state index in [1.807, 2.05) is 30.3 Å². The highest BCUT2D eigenvalue weighted by molar-refractivity contribution is 7.99. The Hall–Kier alpha value is -4.18. The number of amides is 2. The van der Waals surface area contributed by atoms with Gasteiger partial charge in [-0.3, -0.25) is 9.59 Å². The third-order valence-corrected chi connectivity index (χ3v) is 5.49. The van der Waals surface area contributed by atoms with Crippen molar-refractivity contribution in [3.8, 4) is 11.4 Å². The smallest absolute Gasteiger partial charge is 0.257 e. The number of rotatable bonds is 8. The summed E-state index contributed by atoms with van der Waals surface area (Å²) >= 11 is 1.19. The number of carbonyl (C=O) groups excluding carboxylic acids is 2. The van der Waals surface area contributed by atoms with Crippen molar-refractivity contribution in [1.82, 2.24) is 20.2 Å². The lowest BCUT2D eigenvalue weighted by molar-refractivity contribution is -0.113. The molecule has 10 heteroatoms. The summed E-state index contributed by atoms with van der Waals surface area (Å²) in [4.78, 5) is 25.3. The van der Waals surface area contributed by atoms with E-state index in [-0.39, 0.29) is 17.6 Å². The molecule has 3 aromatic carbocycles. The quantitative estimate of drug-likeness (QED) is 0.386. The summed E-state index contributed by atoms with van der Waals surface area (Å²) in [6, 6.07) is 23.2. The maximum atomic E-state index is 12.7. The predicted octanol–water partition coefficient (Wildman–Crippen LogP) is 3.65. The van der Waals surface area contributed by atoms with Gasteiger partial charge >= 0.3 is 0 Å². The van der Waals surface area contributed by atoms with Gasteiger partial charge in [0, 0.05) is 5.69 Å². The Morgan fingerprint density at radius 3 is 2.42 bits per heavy atom. The molecular weight excluding hydrogens is 440 g/mol. The molecule has 0 unspecified atom stereocenters. The molecule has 2 amide bonds. The molecule has 1 aromatic heterocycles. The Balaban J connectivity index is 1.40. The SMILES string of the molecule is COc1ccc(-n2nnnc2SCC(=O)Nc2ccccc2C(=O)Nc2ccccc2)cc1. The number of nitrogens with zero attached hydrogens (tertiary/aromatic N) is 4. The molecular formula is C23H20N6O3S. The summed E-state index contributed by atoms with van der Waals surface area (Å²) < 4.78 is 6.70. The lowest BCUT2D eigenvalue weighted by atomic mass is 10.1. The van der Waals surface area contributed by atoms with Crippen LogP contribution in [-0.4, -0.2) is 44.9 Å². The highest BCUT2D eigenvalue weighted by atomic mass is 32.2. The molecule has 0 saturated carbocycles. The van der Waals surface area contributed by atoms with Crippen LogP contribution >= 0.6 is 11.8 Å². The summed E-state index contributed by atoms with van der Waals surface area (Å²) in [5.41, 5.74) is 2.20. The topological polar surface area (TPSA) is 111 Å². The fourth-order valence-corrected chi connectivity index (χ4v) is 3.67. The molecule has 1 heterocycles. The first-order chi connectivity index (χ1) is 16.1. The van der Waals surface area contributed by atoms with Gasteiger partial charge in [0.15, 0.2) is 0 Å². The van der Waals surface area contributed by atoms with Crippen LogP contribution in [0.4, 0.5) is 11.4 Å². The fraction of sp³-hybridized carbons (Fsp3) is 0.0870. The minimum absolute atomic E-state index is 0.0607. The van der Waals surface area contributed by atoms with Gasteiger partial charge in [-0.25, -0.2) is 0 Å². The van der Waals surface area contributed by atoms with Crippen molar-refractivity contribution in [3.05, 3.63) is 84.4 Å². The number of methoxy groups -OCH3 is 1. The first-order valence-corrected chi connectivity index (χ1v) is 10.9. The molecule has 2 N–H and O–H groups in total. The number of tetrazole rings is 1. The number of carbonyl (C=O) groups is 2. The fourth-order valence-electron chi connectivity index (χ4n) is 2.98. The van der Waals surface area contributed by atoms with Crippen LogP contribution < -0.4 is 15.4 Å². The van der Waals surface area contributed by atoms with Crippen LogP contribution in [0.3, 0.4) is 0 Å². The molecule has 0 atom stereocenters. The number of ether oxygens (including phenoxy) is 1. The van der Waals surface area contributed by atoms with Crippen molar-refractivity contribution in [3.63, 3.8) is 0 Å². The second-order valence-electron chi connectivity index (χ2n) is 6.77. The Labute approximate surface area is 194 Å². The summed E-state index contributed by atoms with van der Waals surface area (Å²) in [5, 5.41) is 17.8. The molecule has 0 saturated heterocycles. The highest BCUT2D eigenvalue weighted by Gasteiger charge is 2.15. The van der Waals surface area contributed by atoms with Gasteiger partial charge in [-0.05, 0) is 59.0 Å². The minimum atomic E-state index is -0.312. The number of hydrogen-bond acceptors (Lipinski definition) is 7. The zero-order chi connectivity index (χ0) is 23.0. The Kier molecular flexibility index (Phi) is 6.96. The third-order valence-electron chi connectivity index (χ3n) is 4.57. The lowest BCUT2D eigenvalue weighted by Crippen LogP contribution is -2.19. The van der Waals surface area contributed by atoms with E-state index in [0.717, 1.165) is 11.4 Å². The molecule has 0 aliphatic rings. The average molecular weight is 461 g/mol. The molecule has 33 heavy (non-hydrogen) atoms. The van der Waals surface area contributed by atoms with Crippen molar-refractivity contribution in [1.29, 1.82) is 0 Å². The molecule has 0 bridgehead atoms. The van der Waals surface area contributed by atoms with Gasteiger partial charge < -0.3 is 15.4 Å². The highest BCUT2D eigenvalue weighted by Crippen LogP contribution is 2.22. The number of hydrogen-bond donors (Lipinski definition) is 2. The normalized spacial score (nSPS) is 10.5. The van der Waals surface area contributed by atoms with E-state index in [1.165, 1.54) is 11.8 Å². The Bertz CT molecular complexity index is 1240. The van der Waals surface area contributed by atoms with E-state index < -0.39 is 0 Å². The van der Waals surface area contributed by atoms with Crippen molar-refractivity contribution in [2.45, 2.75) is 5.16 Å². The largest absolute Gasteiger partial charge is 0.497 e. The predicted molar refractivity (Wildman–Crippen MR) is 126 cm³/mol. The number of nitrogens with one attached hydrogen (secondary N) is 2. The van der Waals surface area contributed by atoms with Crippen LogP contribution in [0.5, 0.6) is 5.75 Å². The molecule has 4 rings (SSSR count). The zero-order valence-corrected chi connectivity index (χ0v) is 18.5. The second-order valence-corrected chi connectivity index (χ2v) is 7.72. The third kappa shape index (κ3) is 5.55. The van der Waals surface area contributed by atoms with Crippen LogP contribution in [0, 0.1) is 0 Å². The monoisotopic (exact) mass is 460 g/mol. The van der Waals surface area contributed by atoms with Crippen LogP contribution in [0.2, 0.25) is 0 Å². The van der Waals surface area contributed by atoms with E-state index in [1.54, 1.807) is 60.3 Å². The van der Waals surface area contributed by atoms with E-state index >= 15 is 0 Å². The van der Waals surface area contributed by atoms with E-state index in [4.69, 9.17) is 4.74 Å². The van der Waals surface area contributed by atoms with Gasteiger partial charge in [0.05, 0.1) is 29.8 Å². The zero-order valence-electron chi connectivity index (χ0n) is 17.6. The van der Waals surface area contributed by atoms with Gasteiger partial charge in [-0.1, -0.05) is 42.1 Å². The van der Waals surface area contributed by atoms with Gasteiger partial charge in [-0.2, -0.15) is 4.68 Å². The molecule has 0 aliphatic carbocycles. The summed E-state index contributed by atoms with van der Waals surface area (Å²) in [7, 11) is 1.59. The van der Waals surface area contributed by atoms with Crippen molar-refractivity contribution in [2.24, 2.45) is 0 Å². The summed E-state index contributed by atoms with van der Waals surface area (Å²) in [6.07, 6.45) is 0. The van der Waals surface area contributed by atoms with Crippen molar-refractivity contribution in [2.75, 3.05) is 23.5 Å². The van der Waals surface area contributed by atoms with Gasteiger partial charge in [-0.15, -0.1) is 5.10 Å². The van der Waals surface area contributed by atoms with Crippen LogP contribution in [0.25, 0.3) is 5.69 Å². The Morgan fingerprint density at radius 2 is 1.67 bits per heavy atom. The number of anilines is 2. The van der Waals surface area contributed by atoms with Gasteiger partial charge in [0.1, 0.15) is 5.75 Å². The van der Waals surface area contributed by atoms with Crippen molar-refractivity contribution < 1.29 is 14.3 Å². The van der Waals surface area contributed by atoms with Crippen LogP contribution in [0.15, 0.2) is 84.0 Å². The van der Waals surface area contributed by atoms with Gasteiger partial charge in [0.25, 0.3) is 5.91 Å². The molecule has 0 spiro atoms. The molecule has 0 fully saturated rings. The number of thioether (sulfide) groups is 1. The average Bonchev–Trinajstić information content (AvgIpc) is 3.32. The molecule has 166 valence electrons. The van der Waals surface area contributed by atoms with Crippen LogP contribution in [-0.2, 0) is 4.79 Å². The Morgan fingerprint density at radius 1 is 0.939 bits per heavy atom. The number of para-hydroxylation sites is 2. The molecule has 4 aromatic rings. The summed E-state index contributed by atoms with van der Waals surface area (Å²) in [6.45, 7) is 0.